The number of anilines is 1. The van der Waals surface area contributed by atoms with E-state index in [1.807, 2.05) is 22.7 Å². The molecule has 9 nitrogen and oxygen atoms in total. The van der Waals surface area contributed by atoms with Crippen LogP contribution in [0.25, 0.3) is 11.3 Å². The van der Waals surface area contributed by atoms with Crippen molar-refractivity contribution < 1.29 is 19.5 Å². The lowest BCUT2D eigenvalue weighted by molar-refractivity contribution is 0.0515. The van der Waals surface area contributed by atoms with E-state index < -0.39 is 5.97 Å². The highest BCUT2D eigenvalue weighted by Crippen LogP contribution is 2.44. The minimum absolute atomic E-state index is 0.0792. The summed E-state index contributed by atoms with van der Waals surface area (Å²) in [5, 5.41) is 16.9. The first kappa shape index (κ1) is 26.6. The molecule has 1 aliphatic heterocycles. The quantitative estimate of drug-likeness (QED) is 0.484. The topological polar surface area (TPSA) is 117 Å². The minimum Gasteiger partial charge on any atom is -0.478 e. The molecule has 0 bridgehead atoms. The Balaban J connectivity index is 1.32. The molecule has 39 heavy (non-hydrogen) atoms. The van der Waals surface area contributed by atoms with Crippen molar-refractivity contribution in [2.75, 3.05) is 25.0 Å². The number of rotatable bonds is 5. The summed E-state index contributed by atoms with van der Waals surface area (Å²) in [5.41, 5.74) is 3.52. The standard InChI is InChI=1S/C30H35N5O4/c1-5-31-26-22(10-11-23(33-26)19-6-8-20(9-7-19)28(38)39)27(37)34-14-12-30(13-15-34)16-21-18-32-35(29(2,3)4)25(21)24(36)17-30/h6-11,18H,5,12-17H2,1-4H3,(H,31,33)(H,38,39). The lowest BCUT2D eigenvalue weighted by atomic mass is 9.67. The van der Waals surface area contributed by atoms with Gasteiger partial charge in [0.15, 0.2) is 5.78 Å². The molecule has 2 aliphatic rings. The van der Waals surface area contributed by atoms with E-state index in [2.05, 4.69) is 31.2 Å². The first-order chi connectivity index (χ1) is 18.5. The number of fused-ring (bicyclic) bond motifs is 1. The number of carboxylic acids is 1. The first-order valence-electron chi connectivity index (χ1n) is 13.5. The predicted octanol–water partition coefficient (Wildman–Crippen LogP) is 4.88. The summed E-state index contributed by atoms with van der Waals surface area (Å²) < 4.78 is 1.86. The number of aromatic carboxylic acids is 1. The number of benzene rings is 1. The highest BCUT2D eigenvalue weighted by atomic mass is 16.4. The molecule has 0 saturated carbocycles. The molecule has 204 valence electrons. The fraction of sp³-hybridized carbons (Fsp3) is 0.433. The second-order valence-electron chi connectivity index (χ2n) is 11.7. The molecule has 3 heterocycles. The zero-order valence-corrected chi connectivity index (χ0v) is 23.0. The van der Waals surface area contributed by atoms with Crippen LogP contribution in [0.2, 0.25) is 0 Å². The van der Waals surface area contributed by atoms with Crippen LogP contribution in [0.4, 0.5) is 5.82 Å². The van der Waals surface area contributed by atoms with Crippen molar-refractivity contribution in [1.29, 1.82) is 0 Å². The summed E-state index contributed by atoms with van der Waals surface area (Å²) >= 11 is 0. The van der Waals surface area contributed by atoms with Crippen molar-refractivity contribution in [2.24, 2.45) is 5.41 Å². The average molecular weight is 530 g/mol. The van der Waals surface area contributed by atoms with Crippen molar-refractivity contribution in [3.63, 3.8) is 0 Å². The molecule has 1 saturated heterocycles. The highest BCUT2D eigenvalue weighted by molar-refractivity contribution is 6.00. The average Bonchev–Trinajstić information content (AvgIpc) is 3.34. The molecule has 3 aromatic rings. The van der Waals surface area contributed by atoms with E-state index in [9.17, 15) is 14.4 Å². The van der Waals surface area contributed by atoms with Crippen LogP contribution in [-0.4, -0.2) is 62.1 Å². The Morgan fingerprint density at radius 2 is 1.74 bits per heavy atom. The van der Waals surface area contributed by atoms with Gasteiger partial charge >= 0.3 is 5.97 Å². The van der Waals surface area contributed by atoms with Crippen molar-refractivity contribution >= 4 is 23.5 Å². The molecule has 5 rings (SSSR count). The number of carbonyl (C=O) groups is 3. The van der Waals surface area contributed by atoms with E-state index in [1.165, 1.54) is 0 Å². The van der Waals surface area contributed by atoms with Gasteiger partial charge < -0.3 is 15.3 Å². The number of ketones is 1. The fourth-order valence-corrected chi connectivity index (χ4v) is 5.79. The Labute approximate surface area is 228 Å². The molecular formula is C30H35N5O4. The molecule has 0 unspecified atom stereocenters. The number of amides is 1. The molecule has 0 atom stereocenters. The van der Waals surface area contributed by atoms with Gasteiger partial charge in [-0.25, -0.2) is 9.78 Å². The number of hydrogen-bond donors (Lipinski definition) is 2. The van der Waals surface area contributed by atoms with Gasteiger partial charge in [0.25, 0.3) is 5.91 Å². The van der Waals surface area contributed by atoms with E-state index in [0.717, 1.165) is 36.1 Å². The molecule has 1 fully saturated rings. The van der Waals surface area contributed by atoms with Crippen LogP contribution in [0, 0.1) is 5.41 Å². The molecular weight excluding hydrogens is 494 g/mol. The number of Topliss-reactive ketones (excluding diaryl/α,β-unsaturated/α-hetero) is 1. The van der Waals surface area contributed by atoms with Gasteiger partial charge in [0.05, 0.1) is 28.6 Å². The summed E-state index contributed by atoms with van der Waals surface area (Å²) in [7, 11) is 0. The Morgan fingerprint density at radius 3 is 2.36 bits per heavy atom. The van der Waals surface area contributed by atoms with Crippen LogP contribution in [0.3, 0.4) is 0 Å². The lowest BCUT2D eigenvalue weighted by Crippen LogP contribution is -2.46. The number of likely N-dealkylation sites (tertiary alicyclic amines) is 1. The highest BCUT2D eigenvalue weighted by Gasteiger charge is 2.44. The fourth-order valence-electron chi connectivity index (χ4n) is 5.79. The van der Waals surface area contributed by atoms with Crippen LogP contribution < -0.4 is 5.32 Å². The molecule has 2 aromatic heterocycles. The maximum Gasteiger partial charge on any atom is 0.335 e. The monoisotopic (exact) mass is 529 g/mol. The van der Waals surface area contributed by atoms with E-state index in [1.54, 1.807) is 36.4 Å². The zero-order chi connectivity index (χ0) is 27.9. The largest absolute Gasteiger partial charge is 0.478 e. The van der Waals surface area contributed by atoms with E-state index in [0.29, 0.717) is 43.1 Å². The van der Waals surface area contributed by atoms with Crippen molar-refractivity contribution in [2.45, 2.75) is 58.9 Å². The Morgan fingerprint density at radius 1 is 1.05 bits per heavy atom. The van der Waals surface area contributed by atoms with Gasteiger partial charge in [-0.15, -0.1) is 0 Å². The molecule has 1 aromatic carbocycles. The number of nitrogens with one attached hydrogen (secondary N) is 1. The van der Waals surface area contributed by atoms with E-state index in [-0.39, 0.29) is 28.2 Å². The van der Waals surface area contributed by atoms with Crippen molar-refractivity contribution in [1.82, 2.24) is 19.7 Å². The Kier molecular flexibility index (Phi) is 6.78. The summed E-state index contributed by atoms with van der Waals surface area (Å²) in [6, 6.07) is 10.1. The number of hydrogen-bond acceptors (Lipinski definition) is 6. The van der Waals surface area contributed by atoms with Crippen LogP contribution in [0.1, 0.15) is 83.7 Å². The summed E-state index contributed by atoms with van der Waals surface area (Å²) in [5.74, 6) is -0.404. The molecule has 1 spiro atoms. The molecule has 1 aliphatic carbocycles. The molecule has 9 heteroatoms. The second-order valence-corrected chi connectivity index (χ2v) is 11.7. The van der Waals surface area contributed by atoms with Gasteiger partial charge in [-0.05, 0) is 76.6 Å². The molecule has 0 radical (unpaired) electrons. The van der Waals surface area contributed by atoms with Gasteiger partial charge in [0.1, 0.15) is 11.5 Å². The third kappa shape index (κ3) is 5.05. The van der Waals surface area contributed by atoms with Crippen molar-refractivity contribution in [3.05, 3.63) is 65.0 Å². The van der Waals surface area contributed by atoms with E-state index in [4.69, 9.17) is 10.1 Å². The van der Waals surface area contributed by atoms with Crippen LogP contribution in [0.5, 0.6) is 0 Å². The number of carbonyl (C=O) groups excluding carboxylic acids is 2. The predicted molar refractivity (Wildman–Crippen MR) is 148 cm³/mol. The summed E-state index contributed by atoms with van der Waals surface area (Å²) in [6.45, 7) is 9.88. The number of piperidine rings is 1. The maximum absolute atomic E-state index is 13.6. The second kappa shape index (κ2) is 9.94. The third-order valence-corrected chi connectivity index (χ3v) is 7.85. The van der Waals surface area contributed by atoms with Gasteiger partial charge in [-0.2, -0.15) is 5.10 Å². The van der Waals surface area contributed by atoms with Gasteiger partial charge in [-0.1, -0.05) is 12.1 Å². The van der Waals surface area contributed by atoms with Gasteiger partial charge in [0.2, 0.25) is 0 Å². The van der Waals surface area contributed by atoms with Crippen molar-refractivity contribution in [3.8, 4) is 11.3 Å². The molecule has 2 N–H and O–H groups in total. The minimum atomic E-state index is -0.981. The van der Waals surface area contributed by atoms with Crippen LogP contribution >= 0.6 is 0 Å². The Bertz CT molecular complexity index is 1430. The number of aromatic nitrogens is 3. The number of nitrogens with zero attached hydrogens (tertiary/aromatic N) is 4. The number of carboxylic acid groups (broad SMARTS) is 1. The Hall–Kier alpha value is -4.01. The lowest BCUT2D eigenvalue weighted by Gasteiger charge is -2.43. The van der Waals surface area contributed by atoms with Gasteiger partial charge in [0, 0.05) is 37.2 Å². The SMILES string of the molecule is CCNc1nc(-c2ccc(C(=O)O)cc2)ccc1C(=O)N1CCC2(CC1)CC(=O)c1c(cnn1C(C)(C)C)C2. The van der Waals surface area contributed by atoms with Crippen LogP contribution in [-0.2, 0) is 12.0 Å². The molecule has 1 amide bonds. The smallest absolute Gasteiger partial charge is 0.335 e. The van der Waals surface area contributed by atoms with Gasteiger partial charge in [-0.3, -0.25) is 14.3 Å². The maximum atomic E-state index is 13.6. The third-order valence-electron chi connectivity index (χ3n) is 7.85. The normalized spacial score (nSPS) is 16.7. The van der Waals surface area contributed by atoms with E-state index >= 15 is 0 Å². The number of pyridine rings is 1. The summed E-state index contributed by atoms with van der Waals surface area (Å²) in [6.07, 6.45) is 4.68. The summed E-state index contributed by atoms with van der Waals surface area (Å²) in [4.78, 5) is 44.6. The zero-order valence-electron chi connectivity index (χ0n) is 23.0. The van der Waals surface area contributed by atoms with Crippen LogP contribution in [0.15, 0.2) is 42.6 Å². The first-order valence-corrected chi connectivity index (χ1v) is 13.5.